The fourth-order valence-corrected chi connectivity index (χ4v) is 2.28. The van der Waals surface area contributed by atoms with Crippen molar-refractivity contribution in [1.29, 1.82) is 0 Å². The molecule has 0 bridgehead atoms. The largest absolute Gasteiger partial charge is 0.435 e. The van der Waals surface area contributed by atoms with Crippen molar-refractivity contribution in [2.45, 2.75) is 19.6 Å². The molecule has 26 heavy (non-hydrogen) atoms. The van der Waals surface area contributed by atoms with Gasteiger partial charge in [-0.3, -0.25) is 4.79 Å². The predicted molar refractivity (Wildman–Crippen MR) is 87.8 cm³/mol. The average Bonchev–Trinajstić information content (AvgIpc) is 3.16. The third-order valence-electron chi connectivity index (χ3n) is 3.55. The number of hydrogen-bond acceptors (Lipinski definition) is 5. The lowest BCUT2D eigenvalue weighted by molar-refractivity contribution is -0.120. The van der Waals surface area contributed by atoms with Crippen molar-refractivity contribution in [2.24, 2.45) is 0 Å². The van der Waals surface area contributed by atoms with Gasteiger partial charge in [-0.05, 0) is 45.8 Å². The second-order valence-electron chi connectivity index (χ2n) is 5.40. The topological polar surface area (TPSA) is 81.9 Å². The Hall–Kier alpha value is -3.36. The van der Waals surface area contributed by atoms with E-state index in [4.69, 9.17) is 0 Å². The van der Waals surface area contributed by atoms with Gasteiger partial charge in [0.1, 0.15) is 12.1 Å². The molecule has 1 amide bonds. The summed E-state index contributed by atoms with van der Waals surface area (Å²) in [6, 6.07) is 13.4. The van der Waals surface area contributed by atoms with Crippen LogP contribution in [0.3, 0.4) is 0 Å². The van der Waals surface area contributed by atoms with Gasteiger partial charge in [-0.1, -0.05) is 24.3 Å². The number of hydrogen-bond donors (Lipinski definition) is 1. The van der Waals surface area contributed by atoms with Gasteiger partial charge in [0.15, 0.2) is 0 Å². The summed E-state index contributed by atoms with van der Waals surface area (Å²) in [5.41, 5.74) is 2.43. The molecule has 3 rings (SSSR count). The lowest BCUT2D eigenvalue weighted by Gasteiger charge is -2.08. The second kappa shape index (κ2) is 8.15. The summed E-state index contributed by atoms with van der Waals surface area (Å²) in [4.78, 5) is 12.0. The Kier molecular flexibility index (Phi) is 5.47. The lowest BCUT2D eigenvalue weighted by atomic mass is 10.1. The van der Waals surface area contributed by atoms with E-state index >= 15 is 0 Å². The van der Waals surface area contributed by atoms with Gasteiger partial charge < -0.3 is 10.1 Å². The first-order valence-electron chi connectivity index (χ1n) is 7.73. The first kappa shape index (κ1) is 17.5. The molecule has 0 aliphatic carbocycles. The molecule has 134 valence electrons. The van der Waals surface area contributed by atoms with E-state index in [2.05, 4.69) is 25.6 Å². The molecule has 0 radical (unpaired) electrons. The second-order valence-corrected chi connectivity index (χ2v) is 5.40. The quantitative estimate of drug-likeness (QED) is 0.699. The van der Waals surface area contributed by atoms with E-state index in [9.17, 15) is 13.6 Å². The van der Waals surface area contributed by atoms with Crippen LogP contribution in [0.15, 0.2) is 54.9 Å². The van der Waals surface area contributed by atoms with Crippen molar-refractivity contribution >= 4 is 5.91 Å². The van der Waals surface area contributed by atoms with Crippen molar-refractivity contribution in [3.05, 3.63) is 66.0 Å². The molecule has 2 aromatic carbocycles. The van der Waals surface area contributed by atoms with Crippen LogP contribution in [-0.2, 0) is 17.8 Å². The van der Waals surface area contributed by atoms with Crippen molar-refractivity contribution in [1.82, 2.24) is 25.5 Å². The van der Waals surface area contributed by atoms with Crippen LogP contribution < -0.4 is 10.1 Å². The Morgan fingerprint density at radius 3 is 2.38 bits per heavy atom. The van der Waals surface area contributed by atoms with Gasteiger partial charge in [-0.2, -0.15) is 8.78 Å². The molecule has 0 saturated heterocycles. The highest BCUT2D eigenvalue weighted by Crippen LogP contribution is 2.15. The number of carbonyl (C=O) groups excluding carboxylic acids is 1. The molecule has 0 fully saturated rings. The van der Waals surface area contributed by atoms with Gasteiger partial charge in [-0.15, -0.1) is 5.10 Å². The van der Waals surface area contributed by atoms with Crippen molar-refractivity contribution in [2.75, 3.05) is 0 Å². The number of halogens is 2. The molecule has 3 aromatic rings. The molecule has 0 aliphatic heterocycles. The van der Waals surface area contributed by atoms with Gasteiger partial charge in [0, 0.05) is 6.54 Å². The van der Waals surface area contributed by atoms with Gasteiger partial charge in [0.05, 0.1) is 12.1 Å². The third kappa shape index (κ3) is 4.82. The molecule has 1 heterocycles. The van der Waals surface area contributed by atoms with Gasteiger partial charge in [0.2, 0.25) is 5.91 Å². The summed E-state index contributed by atoms with van der Waals surface area (Å²) in [5, 5.41) is 13.7. The summed E-state index contributed by atoms with van der Waals surface area (Å²) in [6.07, 6.45) is 1.71. The zero-order valence-corrected chi connectivity index (χ0v) is 13.5. The van der Waals surface area contributed by atoms with Gasteiger partial charge >= 0.3 is 6.61 Å². The molecular formula is C17H15F2N5O2. The van der Waals surface area contributed by atoms with E-state index in [0.717, 1.165) is 16.8 Å². The Balaban J connectivity index is 1.49. The van der Waals surface area contributed by atoms with Gasteiger partial charge in [-0.25, -0.2) is 4.68 Å². The predicted octanol–water partition coefficient (Wildman–Crippen LogP) is 2.12. The van der Waals surface area contributed by atoms with Crippen LogP contribution in [0.4, 0.5) is 8.78 Å². The highest BCUT2D eigenvalue weighted by Gasteiger charge is 2.06. The maximum atomic E-state index is 12.1. The normalized spacial score (nSPS) is 10.7. The Labute approximate surface area is 147 Å². The fraction of sp³-hybridized carbons (Fsp3) is 0.176. The monoisotopic (exact) mass is 359 g/mol. The van der Waals surface area contributed by atoms with Crippen LogP contribution in [0.1, 0.15) is 11.1 Å². The van der Waals surface area contributed by atoms with Crippen molar-refractivity contribution < 1.29 is 18.3 Å². The minimum absolute atomic E-state index is 0.0812. The molecule has 0 unspecified atom stereocenters. The number of aromatic nitrogens is 4. The van der Waals surface area contributed by atoms with Crippen LogP contribution in [-0.4, -0.2) is 32.7 Å². The summed E-state index contributed by atoms with van der Waals surface area (Å²) in [6.45, 7) is -2.55. The minimum Gasteiger partial charge on any atom is -0.435 e. The van der Waals surface area contributed by atoms with E-state index in [1.807, 2.05) is 24.3 Å². The zero-order chi connectivity index (χ0) is 18.4. The highest BCUT2D eigenvalue weighted by molar-refractivity contribution is 5.78. The zero-order valence-electron chi connectivity index (χ0n) is 13.5. The first-order chi connectivity index (χ1) is 12.6. The van der Waals surface area contributed by atoms with Crippen LogP contribution in [0.25, 0.3) is 5.69 Å². The summed E-state index contributed by atoms with van der Waals surface area (Å²) < 4.78 is 30.0. The number of benzene rings is 2. The third-order valence-corrected chi connectivity index (χ3v) is 3.55. The molecular weight excluding hydrogens is 344 g/mol. The molecule has 1 N–H and O–H groups in total. The molecule has 0 saturated carbocycles. The minimum atomic E-state index is -2.85. The van der Waals surface area contributed by atoms with E-state index in [1.54, 1.807) is 12.1 Å². The van der Waals surface area contributed by atoms with E-state index < -0.39 is 6.61 Å². The van der Waals surface area contributed by atoms with Crippen LogP contribution >= 0.6 is 0 Å². The summed E-state index contributed by atoms with van der Waals surface area (Å²) in [5.74, 6) is -0.0640. The number of ether oxygens (including phenoxy) is 1. The number of alkyl halides is 2. The van der Waals surface area contributed by atoms with Crippen molar-refractivity contribution in [3.8, 4) is 11.4 Å². The highest BCUT2D eigenvalue weighted by atomic mass is 19.3. The molecule has 1 aromatic heterocycles. The maximum Gasteiger partial charge on any atom is 0.387 e. The Morgan fingerprint density at radius 2 is 1.77 bits per heavy atom. The van der Waals surface area contributed by atoms with E-state index in [1.165, 1.54) is 23.1 Å². The van der Waals surface area contributed by atoms with Crippen LogP contribution in [0.5, 0.6) is 5.75 Å². The Bertz CT molecular complexity index is 837. The summed E-state index contributed by atoms with van der Waals surface area (Å²) in [7, 11) is 0. The first-order valence-corrected chi connectivity index (χ1v) is 7.73. The van der Waals surface area contributed by atoms with E-state index in [-0.39, 0.29) is 18.1 Å². The smallest absolute Gasteiger partial charge is 0.387 e. The number of nitrogens with one attached hydrogen (secondary N) is 1. The molecule has 0 spiro atoms. The van der Waals surface area contributed by atoms with Crippen LogP contribution in [0.2, 0.25) is 0 Å². The molecule has 9 heteroatoms. The number of tetrazole rings is 1. The standard InChI is InChI=1S/C17H15F2N5O2/c18-17(19)26-15-7-3-13(4-8-15)10-20-16(25)9-12-1-5-14(6-2-12)24-11-21-22-23-24/h1-8,11,17H,9-10H2,(H,20,25). The number of rotatable bonds is 7. The molecule has 7 nitrogen and oxygen atoms in total. The molecule has 0 aliphatic rings. The van der Waals surface area contributed by atoms with Crippen LogP contribution in [0, 0.1) is 0 Å². The fourth-order valence-electron chi connectivity index (χ4n) is 2.28. The van der Waals surface area contributed by atoms with E-state index in [0.29, 0.717) is 6.54 Å². The van der Waals surface area contributed by atoms with Crippen molar-refractivity contribution in [3.63, 3.8) is 0 Å². The van der Waals surface area contributed by atoms with Gasteiger partial charge in [0.25, 0.3) is 0 Å². The molecule has 0 atom stereocenters. The summed E-state index contributed by atoms with van der Waals surface area (Å²) >= 11 is 0. The Morgan fingerprint density at radius 1 is 1.08 bits per heavy atom. The number of carbonyl (C=O) groups is 1. The average molecular weight is 359 g/mol. The number of nitrogens with zero attached hydrogens (tertiary/aromatic N) is 4. The number of amides is 1. The lowest BCUT2D eigenvalue weighted by Crippen LogP contribution is -2.24. The SMILES string of the molecule is O=C(Cc1ccc(-n2cnnn2)cc1)NCc1ccc(OC(F)F)cc1. The maximum absolute atomic E-state index is 12.1.